The summed E-state index contributed by atoms with van der Waals surface area (Å²) in [6.07, 6.45) is 0.761. The molecule has 0 spiro atoms. The summed E-state index contributed by atoms with van der Waals surface area (Å²) in [5.74, 6) is 0.829. The summed E-state index contributed by atoms with van der Waals surface area (Å²) in [4.78, 5) is 17.7. The van der Waals surface area contributed by atoms with Gasteiger partial charge in [0.05, 0.1) is 11.6 Å². The average molecular weight is 278 g/mol. The van der Waals surface area contributed by atoms with Crippen molar-refractivity contribution in [2.24, 2.45) is 11.7 Å². The van der Waals surface area contributed by atoms with Gasteiger partial charge in [-0.05, 0) is 39.3 Å². The third kappa shape index (κ3) is 3.31. The lowest BCUT2D eigenvalue weighted by Gasteiger charge is -2.23. The summed E-state index contributed by atoms with van der Waals surface area (Å²) in [5, 5.41) is 0. The van der Waals surface area contributed by atoms with Crippen LogP contribution in [0.25, 0.3) is 0 Å². The zero-order valence-corrected chi connectivity index (χ0v) is 12.2. The minimum absolute atomic E-state index is 0.110. The lowest BCUT2D eigenvalue weighted by Crippen LogP contribution is -2.28. The lowest BCUT2D eigenvalue weighted by atomic mass is 10.1. The Hall–Kier alpha value is -1.98. The van der Waals surface area contributed by atoms with Crippen molar-refractivity contribution in [3.63, 3.8) is 0 Å². The fourth-order valence-electron chi connectivity index (χ4n) is 2.19. The largest absolute Gasteiger partial charge is 0.470 e. The van der Waals surface area contributed by atoms with Gasteiger partial charge >= 0.3 is 0 Å². The van der Waals surface area contributed by atoms with Crippen LogP contribution in [0, 0.1) is 5.92 Å². The monoisotopic (exact) mass is 278 g/mol. The number of ether oxygens (including phenoxy) is 1. The Morgan fingerprint density at radius 3 is 2.70 bits per heavy atom. The normalized spacial score (nSPS) is 19.1. The zero-order valence-electron chi connectivity index (χ0n) is 12.2. The summed E-state index contributed by atoms with van der Waals surface area (Å²) >= 11 is 0. The van der Waals surface area contributed by atoms with E-state index in [-0.39, 0.29) is 17.4 Å². The van der Waals surface area contributed by atoms with Crippen LogP contribution in [0.4, 0.5) is 11.5 Å². The first-order chi connectivity index (χ1) is 9.26. The van der Waals surface area contributed by atoms with Crippen LogP contribution in [-0.4, -0.2) is 29.6 Å². The van der Waals surface area contributed by atoms with Crippen molar-refractivity contribution in [1.29, 1.82) is 0 Å². The highest BCUT2D eigenvalue weighted by Gasteiger charge is 2.28. The molecule has 0 bridgehead atoms. The average Bonchev–Trinajstić information content (AvgIpc) is 2.79. The fourth-order valence-corrected chi connectivity index (χ4v) is 2.19. The maximum Gasteiger partial charge on any atom is 0.239 e. The van der Waals surface area contributed by atoms with Gasteiger partial charge in [0.1, 0.15) is 11.4 Å². The molecule has 1 amide bonds. The molecule has 0 saturated carbocycles. The molecule has 0 aliphatic carbocycles. The second-order valence-electron chi connectivity index (χ2n) is 6.11. The van der Waals surface area contributed by atoms with Crippen molar-refractivity contribution < 1.29 is 9.53 Å². The molecule has 4 N–H and O–H groups in total. The molecular weight excluding hydrogens is 256 g/mol. The van der Waals surface area contributed by atoms with Crippen LogP contribution < -0.4 is 21.1 Å². The Morgan fingerprint density at radius 2 is 2.15 bits per heavy atom. The Morgan fingerprint density at radius 1 is 1.45 bits per heavy atom. The van der Waals surface area contributed by atoms with Gasteiger partial charge in [-0.1, -0.05) is 0 Å². The van der Waals surface area contributed by atoms with Gasteiger partial charge in [0.2, 0.25) is 11.8 Å². The van der Waals surface area contributed by atoms with E-state index in [0.29, 0.717) is 18.1 Å². The minimum Gasteiger partial charge on any atom is -0.470 e. The van der Waals surface area contributed by atoms with Crippen molar-refractivity contribution in [2.75, 3.05) is 23.7 Å². The summed E-state index contributed by atoms with van der Waals surface area (Å²) in [6.45, 7) is 7.19. The van der Waals surface area contributed by atoms with Gasteiger partial charge in [0, 0.05) is 13.1 Å². The van der Waals surface area contributed by atoms with Crippen LogP contribution in [0.5, 0.6) is 5.88 Å². The standard InChI is InChI=1S/C14H22N4O2/c1-14(2,3)20-13-10(15)4-5-11(17-13)18-7-6-9(8-18)12(16)19/h4-5,9H,6-8,15H2,1-3H3,(H2,16,19). The van der Waals surface area contributed by atoms with Crippen molar-refractivity contribution in [3.05, 3.63) is 12.1 Å². The van der Waals surface area contributed by atoms with Crippen molar-refractivity contribution in [1.82, 2.24) is 4.98 Å². The topological polar surface area (TPSA) is 94.5 Å². The van der Waals surface area contributed by atoms with Gasteiger partial charge in [-0.2, -0.15) is 4.98 Å². The number of nitrogen functional groups attached to an aromatic ring is 1. The van der Waals surface area contributed by atoms with Gasteiger partial charge in [-0.3, -0.25) is 4.79 Å². The molecule has 0 radical (unpaired) electrons. The number of rotatable bonds is 3. The quantitative estimate of drug-likeness (QED) is 0.865. The van der Waals surface area contributed by atoms with Crippen LogP contribution in [-0.2, 0) is 4.79 Å². The molecule has 1 atom stereocenters. The number of hydrogen-bond donors (Lipinski definition) is 2. The van der Waals surface area contributed by atoms with E-state index in [1.807, 2.05) is 31.7 Å². The molecule has 0 aromatic carbocycles. The predicted molar refractivity (Wildman–Crippen MR) is 78.5 cm³/mol. The third-order valence-electron chi connectivity index (χ3n) is 3.19. The van der Waals surface area contributed by atoms with E-state index in [4.69, 9.17) is 16.2 Å². The smallest absolute Gasteiger partial charge is 0.239 e. The molecule has 1 aliphatic heterocycles. The second-order valence-corrected chi connectivity index (χ2v) is 6.11. The molecule has 6 heteroatoms. The first-order valence-corrected chi connectivity index (χ1v) is 6.76. The van der Waals surface area contributed by atoms with Gasteiger partial charge in [0.15, 0.2) is 0 Å². The number of nitrogens with zero attached hydrogens (tertiary/aromatic N) is 2. The van der Waals surface area contributed by atoms with Gasteiger partial charge < -0.3 is 21.1 Å². The molecule has 1 unspecified atom stereocenters. The van der Waals surface area contributed by atoms with Crippen LogP contribution in [0.1, 0.15) is 27.2 Å². The van der Waals surface area contributed by atoms with E-state index >= 15 is 0 Å². The van der Waals surface area contributed by atoms with Gasteiger partial charge in [-0.25, -0.2) is 0 Å². The first-order valence-electron chi connectivity index (χ1n) is 6.76. The number of aromatic nitrogens is 1. The number of pyridine rings is 1. The number of primary amides is 1. The molecule has 1 saturated heterocycles. The highest BCUT2D eigenvalue weighted by Crippen LogP contribution is 2.29. The number of amides is 1. The molecule has 6 nitrogen and oxygen atoms in total. The van der Waals surface area contributed by atoms with Crippen molar-refractivity contribution >= 4 is 17.4 Å². The van der Waals surface area contributed by atoms with Crippen LogP contribution in [0.2, 0.25) is 0 Å². The Bertz CT molecular complexity index is 510. The number of nitrogens with two attached hydrogens (primary N) is 2. The number of hydrogen-bond acceptors (Lipinski definition) is 5. The summed E-state index contributed by atoms with van der Waals surface area (Å²) in [5.41, 5.74) is 11.4. The number of carbonyl (C=O) groups excluding carboxylic acids is 1. The Kier molecular flexibility index (Phi) is 3.74. The number of anilines is 2. The van der Waals surface area contributed by atoms with Crippen LogP contribution in [0.3, 0.4) is 0 Å². The van der Waals surface area contributed by atoms with E-state index in [2.05, 4.69) is 4.98 Å². The molecule has 110 valence electrons. The third-order valence-corrected chi connectivity index (χ3v) is 3.19. The Labute approximate surface area is 119 Å². The second kappa shape index (κ2) is 5.19. The highest BCUT2D eigenvalue weighted by molar-refractivity contribution is 5.78. The molecular formula is C14H22N4O2. The van der Waals surface area contributed by atoms with Crippen molar-refractivity contribution in [3.8, 4) is 5.88 Å². The van der Waals surface area contributed by atoms with Gasteiger partial charge in [0.25, 0.3) is 0 Å². The molecule has 1 aromatic rings. The van der Waals surface area contributed by atoms with Crippen molar-refractivity contribution in [2.45, 2.75) is 32.8 Å². The highest BCUT2D eigenvalue weighted by atomic mass is 16.5. The van der Waals surface area contributed by atoms with Crippen LogP contribution >= 0.6 is 0 Å². The molecule has 2 heterocycles. The van der Waals surface area contributed by atoms with E-state index in [0.717, 1.165) is 18.8 Å². The summed E-state index contributed by atoms with van der Waals surface area (Å²) in [6, 6.07) is 3.62. The van der Waals surface area contributed by atoms with E-state index in [9.17, 15) is 4.79 Å². The summed E-state index contributed by atoms with van der Waals surface area (Å²) in [7, 11) is 0. The maximum absolute atomic E-state index is 11.2. The fraction of sp³-hybridized carbons (Fsp3) is 0.571. The molecule has 1 fully saturated rings. The first kappa shape index (κ1) is 14.4. The lowest BCUT2D eigenvalue weighted by molar-refractivity contribution is -0.121. The molecule has 20 heavy (non-hydrogen) atoms. The minimum atomic E-state index is -0.361. The van der Waals surface area contributed by atoms with E-state index in [1.165, 1.54) is 0 Å². The SMILES string of the molecule is CC(C)(C)Oc1nc(N2CCC(C(N)=O)C2)ccc1N. The van der Waals surface area contributed by atoms with E-state index in [1.54, 1.807) is 6.07 Å². The predicted octanol–water partition coefficient (Wildman–Crippen LogP) is 1.15. The number of carbonyl (C=O) groups is 1. The summed E-state index contributed by atoms with van der Waals surface area (Å²) < 4.78 is 5.75. The van der Waals surface area contributed by atoms with Crippen LogP contribution in [0.15, 0.2) is 12.1 Å². The van der Waals surface area contributed by atoms with E-state index < -0.39 is 0 Å². The molecule has 2 rings (SSSR count). The zero-order chi connectivity index (χ0) is 14.9. The molecule has 1 aromatic heterocycles. The Balaban J connectivity index is 2.18. The maximum atomic E-state index is 11.2. The molecule has 1 aliphatic rings. The van der Waals surface area contributed by atoms with Gasteiger partial charge in [-0.15, -0.1) is 0 Å².